The summed E-state index contributed by atoms with van der Waals surface area (Å²) in [4.78, 5) is 0. The van der Waals surface area contributed by atoms with Gasteiger partial charge in [-0.05, 0) is 23.8 Å². The lowest BCUT2D eigenvalue weighted by atomic mass is 9.94. The molecule has 80 valence electrons. The summed E-state index contributed by atoms with van der Waals surface area (Å²) in [6, 6.07) is 0. The number of hydrogen-bond donors (Lipinski definition) is 0. The lowest BCUT2D eigenvalue weighted by Gasteiger charge is -2.10. The Kier molecular flexibility index (Phi) is 3.35. The second-order valence-corrected chi connectivity index (χ2v) is 4.53. The zero-order valence-electron chi connectivity index (χ0n) is 10.3. The highest BCUT2D eigenvalue weighted by atomic mass is 15.3. The topological polar surface area (TPSA) is 17.8 Å². The summed E-state index contributed by atoms with van der Waals surface area (Å²) in [5.41, 5.74) is 4.13. The van der Waals surface area contributed by atoms with Crippen molar-refractivity contribution in [2.45, 2.75) is 52.9 Å². The van der Waals surface area contributed by atoms with Crippen LogP contribution in [0.2, 0.25) is 0 Å². The average Bonchev–Trinajstić information content (AvgIpc) is 2.42. The van der Waals surface area contributed by atoms with Gasteiger partial charge < -0.3 is 0 Å². The van der Waals surface area contributed by atoms with E-state index >= 15 is 0 Å². The second kappa shape index (κ2) is 4.16. The summed E-state index contributed by atoms with van der Waals surface area (Å²) in [6.07, 6.45) is 1.07. The van der Waals surface area contributed by atoms with Crippen molar-refractivity contribution in [1.29, 1.82) is 0 Å². The van der Waals surface area contributed by atoms with Crippen LogP contribution in [0.1, 0.15) is 63.4 Å². The van der Waals surface area contributed by atoms with Crippen molar-refractivity contribution in [1.82, 2.24) is 9.78 Å². The predicted molar refractivity (Wildman–Crippen MR) is 60.8 cm³/mol. The quantitative estimate of drug-likeness (QED) is 0.722. The first-order valence-corrected chi connectivity index (χ1v) is 5.54. The van der Waals surface area contributed by atoms with Crippen LogP contribution in [0.5, 0.6) is 0 Å². The van der Waals surface area contributed by atoms with Crippen molar-refractivity contribution in [3.05, 3.63) is 17.0 Å². The van der Waals surface area contributed by atoms with Gasteiger partial charge in [-0.15, -0.1) is 0 Å². The summed E-state index contributed by atoms with van der Waals surface area (Å²) >= 11 is 0. The molecule has 0 radical (unpaired) electrons. The molecule has 0 spiro atoms. The van der Waals surface area contributed by atoms with E-state index in [1.807, 2.05) is 4.68 Å². The summed E-state index contributed by atoms with van der Waals surface area (Å²) in [5.74, 6) is 1.11. The summed E-state index contributed by atoms with van der Waals surface area (Å²) < 4.78 is 2.05. The SMILES string of the molecule is CCc1c(C(C)C)c(C(C)C)nn1C. The molecule has 0 fully saturated rings. The van der Waals surface area contributed by atoms with Gasteiger partial charge in [0.1, 0.15) is 0 Å². The monoisotopic (exact) mass is 194 g/mol. The van der Waals surface area contributed by atoms with Crippen molar-refractivity contribution in [3.8, 4) is 0 Å². The molecule has 1 aromatic rings. The largest absolute Gasteiger partial charge is 0.272 e. The van der Waals surface area contributed by atoms with Gasteiger partial charge >= 0.3 is 0 Å². The van der Waals surface area contributed by atoms with E-state index in [9.17, 15) is 0 Å². The molecule has 0 bridgehead atoms. The van der Waals surface area contributed by atoms with Crippen LogP contribution in [0.25, 0.3) is 0 Å². The van der Waals surface area contributed by atoms with Crippen LogP contribution < -0.4 is 0 Å². The molecular formula is C12H22N2. The minimum Gasteiger partial charge on any atom is -0.272 e. The average molecular weight is 194 g/mol. The molecule has 0 saturated heterocycles. The Morgan fingerprint density at radius 1 is 1.14 bits per heavy atom. The molecule has 0 atom stereocenters. The zero-order chi connectivity index (χ0) is 10.9. The third-order valence-corrected chi connectivity index (χ3v) is 2.69. The van der Waals surface area contributed by atoms with Gasteiger partial charge in [-0.3, -0.25) is 4.68 Å². The van der Waals surface area contributed by atoms with E-state index in [4.69, 9.17) is 0 Å². The van der Waals surface area contributed by atoms with Crippen molar-refractivity contribution < 1.29 is 0 Å². The minimum atomic E-state index is 0.527. The molecule has 0 unspecified atom stereocenters. The Morgan fingerprint density at radius 2 is 1.71 bits per heavy atom. The first kappa shape index (κ1) is 11.3. The second-order valence-electron chi connectivity index (χ2n) is 4.53. The molecule has 2 nitrogen and oxygen atoms in total. The molecule has 1 heterocycles. The fourth-order valence-electron chi connectivity index (χ4n) is 2.07. The van der Waals surface area contributed by atoms with Gasteiger partial charge in [-0.25, -0.2) is 0 Å². The predicted octanol–water partition coefficient (Wildman–Crippen LogP) is 3.23. The number of nitrogens with zero attached hydrogens (tertiary/aromatic N) is 2. The first-order chi connectivity index (χ1) is 6.49. The van der Waals surface area contributed by atoms with Crippen molar-refractivity contribution in [2.75, 3.05) is 0 Å². The number of aromatic nitrogens is 2. The van der Waals surface area contributed by atoms with Crippen molar-refractivity contribution in [3.63, 3.8) is 0 Å². The van der Waals surface area contributed by atoms with Gasteiger partial charge in [0.25, 0.3) is 0 Å². The normalized spacial score (nSPS) is 11.7. The molecule has 2 heteroatoms. The summed E-state index contributed by atoms with van der Waals surface area (Å²) in [5, 5.41) is 4.62. The molecular weight excluding hydrogens is 172 g/mol. The Balaban J connectivity index is 3.30. The first-order valence-electron chi connectivity index (χ1n) is 5.54. The maximum atomic E-state index is 4.62. The number of hydrogen-bond acceptors (Lipinski definition) is 1. The van der Waals surface area contributed by atoms with Gasteiger partial charge in [0.05, 0.1) is 5.69 Å². The molecule has 0 aromatic carbocycles. The van der Waals surface area contributed by atoms with Gasteiger partial charge in [0, 0.05) is 12.7 Å². The highest BCUT2D eigenvalue weighted by molar-refractivity contribution is 5.31. The standard InChI is InChI=1S/C12H22N2/c1-7-10-11(8(2)3)12(9(4)5)13-14(10)6/h8-9H,7H2,1-6H3. The van der Waals surface area contributed by atoms with E-state index < -0.39 is 0 Å². The molecule has 14 heavy (non-hydrogen) atoms. The molecule has 0 saturated carbocycles. The summed E-state index contributed by atoms with van der Waals surface area (Å²) in [7, 11) is 2.05. The molecule has 0 aliphatic carbocycles. The molecule has 0 N–H and O–H groups in total. The van der Waals surface area contributed by atoms with E-state index in [-0.39, 0.29) is 0 Å². The van der Waals surface area contributed by atoms with Gasteiger partial charge in [-0.1, -0.05) is 34.6 Å². The maximum Gasteiger partial charge on any atom is 0.0687 e. The Morgan fingerprint density at radius 3 is 2.07 bits per heavy atom. The highest BCUT2D eigenvalue weighted by Gasteiger charge is 2.19. The van der Waals surface area contributed by atoms with Crippen LogP contribution in [-0.4, -0.2) is 9.78 Å². The van der Waals surface area contributed by atoms with Crippen LogP contribution in [0.15, 0.2) is 0 Å². The van der Waals surface area contributed by atoms with E-state index in [1.165, 1.54) is 17.0 Å². The van der Waals surface area contributed by atoms with Crippen molar-refractivity contribution >= 4 is 0 Å². The lowest BCUT2D eigenvalue weighted by molar-refractivity contribution is 0.685. The number of aryl methyl sites for hydroxylation is 1. The van der Waals surface area contributed by atoms with E-state index in [0.717, 1.165) is 6.42 Å². The smallest absolute Gasteiger partial charge is 0.0687 e. The Bertz CT molecular complexity index is 308. The van der Waals surface area contributed by atoms with Crippen LogP contribution in [0.3, 0.4) is 0 Å². The highest BCUT2D eigenvalue weighted by Crippen LogP contribution is 2.28. The van der Waals surface area contributed by atoms with Crippen LogP contribution in [0.4, 0.5) is 0 Å². The lowest BCUT2D eigenvalue weighted by Crippen LogP contribution is -2.00. The van der Waals surface area contributed by atoms with Crippen LogP contribution in [0, 0.1) is 0 Å². The fraction of sp³-hybridized carbons (Fsp3) is 0.750. The van der Waals surface area contributed by atoms with Crippen LogP contribution >= 0.6 is 0 Å². The third kappa shape index (κ3) is 1.84. The molecule has 0 aliphatic rings. The van der Waals surface area contributed by atoms with E-state index in [1.54, 1.807) is 0 Å². The van der Waals surface area contributed by atoms with Gasteiger partial charge in [-0.2, -0.15) is 5.10 Å². The number of rotatable bonds is 3. The fourth-order valence-corrected chi connectivity index (χ4v) is 2.07. The Labute approximate surface area is 87.3 Å². The van der Waals surface area contributed by atoms with Gasteiger partial charge in [0.2, 0.25) is 0 Å². The summed E-state index contributed by atoms with van der Waals surface area (Å²) in [6.45, 7) is 11.1. The zero-order valence-corrected chi connectivity index (χ0v) is 10.3. The van der Waals surface area contributed by atoms with E-state index in [0.29, 0.717) is 11.8 Å². The third-order valence-electron chi connectivity index (χ3n) is 2.69. The molecule has 0 amide bonds. The minimum absolute atomic E-state index is 0.527. The Hall–Kier alpha value is -0.790. The molecule has 1 aromatic heterocycles. The van der Waals surface area contributed by atoms with Gasteiger partial charge in [0.15, 0.2) is 0 Å². The molecule has 1 rings (SSSR count). The van der Waals surface area contributed by atoms with E-state index in [2.05, 4.69) is 46.8 Å². The van der Waals surface area contributed by atoms with Crippen molar-refractivity contribution in [2.24, 2.45) is 7.05 Å². The molecule has 0 aliphatic heterocycles. The van der Waals surface area contributed by atoms with Crippen LogP contribution in [-0.2, 0) is 13.5 Å². The maximum absolute atomic E-state index is 4.62.